The number of nitrogens with zero attached hydrogens (tertiary/aromatic N) is 2. The van der Waals surface area contributed by atoms with Crippen molar-refractivity contribution in [1.29, 1.82) is 5.26 Å². The third-order valence-electron chi connectivity index (χ3n) is 3.04. The molecule has 1 aromatic rings. The standard InChI is InChI=1S/C13H15FN2O/c14-13-4-3-10(6-11(13)7-15)8-16-5-1-2-12(17)9-16/h3-4,6,12,17H,1-2,5,8-9H2/t12-/m0/s1. The van der Waals surface area contributed by atoms with Gasteiger partial charge in [0, 0.05) is 13.1 Å². The van der Waals surface area contributed by atoms with Gasteiger partial charge in [0.2, 0.25) is 0 Å². The molecule has 0 amide bonds. The molecule has 1 saturated heterocycles. The largest absolute Gasteiger partial charge is 0.392 e. The van der Waals surface area contributed by atoms with E-state index in [4.69, 9.17) is 5.26 Å². The molecule has 1 heterocycles. The summed E-state index contributed by atoms with van der Waals surface area (Å²) in [6.45, 7) is 2.25. The molecule has 0 spiro atoms. The lowest BCUT2D eigenvalue weighted by molar-refractivity contribution is 0.0668. The third-order valence-corrected chi connectivity index (χ3v) is 3.04. The van der Waals surface area contributed by atoms with Crippen LogP contribution in [0.1, 0.15) is 24.0 Å². The number of benzene rings is 1. The third kappa shape index (κ3) is 3.02. The molecule has 0 aliphatic carbocycles. The van der Waals surface area contributed by atoms with Crippen LogP contribution < -0.4 is 0 Å². The van der Waals surface area contributed by atoms with Crippen LogP contribution in [0.3, 0.4) is 0 Å². The summed E-state index contributed by atoms with van der Waals surface area (Å²) in [7, 11) is 0. The number of rotatable bonds is 2. The number of aliphatic hydroxyl groups excluding tert-OH is 1. The fourth-order valence-electron chi connectivity index (χ4n) is 2.19. The van der Waals surface area contributed by atoms with E-state index in [1.54, 1.807) is 12.1 Å². The van der Waals surface area contributed by atoms with Gasteiger partial charge < -0.3 is 5.11 Å². The molecule has 0 unspecified atom stereocenters. The van der Waals surface area contributed by atoms with Crippen LogP contribution in [0.5, 0.6) is 0 Å². The number of β-amino-alcohol motifs (C(OH)–C–C–N with tert-alkyl or cyclic N) is 1. The maximum atomic E-state index is 13.1. The van der Waals surface area contributed by atoms with Crippen LogP contribution in [0.25, 0.3) is 0 Å². The first-order valence-electron chi connectivity index (χ1n) is 5.78. The molecular weight excluding hydrogens is 219 g/mol. The van der Waals surface area contributed by atoms with E-state index in [0.717, 1.165) is 24.9 Å². The molecule has 17 heavy (non-hydrogen) atoms. The average Bonchev–Trinajstić information content (AvgIpc) is 2.32. The highest BCUT2D eigenvalue weighted by Gasteiger charge is 2.17. The number of hydrogen-bond donors (Lipinski definition) is 1. The molecule has 1 fully saturated rings. The van der Waals surface area contributed by atoms with Gasteiger partial charge in [0.1, 0.15) is 11.9 Å². The Labute approximate surface area is 100 Å². The number of likely N-dealkylation sites (tertiary alicyclic amines) is 1. The predicted octanol–water partition coefficient (Wildman–Crippen LogP) is 1.65. The van der Waals surface area contributed by atoms with Gasteiger partial charge in [0.05, 0.1) is 11.7 Å². The summed E-state index contributed by atoms with van der Waals surface area (Å²) in [5.41, 5.74) is 0.997. The van der Waals surface area contributed by atoms with Crippen LogP contribution in [0.2, 0.25) is 0 Å². The summed E-state index contributed by atoms with van der Waals surface area (Å²) < 4.78 is 13.1. The first-order chi connectivity index (χ1) is 8.19. The highest BCUT2D eigenvalue weighted by Crippen LogP contribution is 2.15. The van der Waals surface area contributed by atoms with Crippen molar-refractivity contribution in [3.8, 4) is 6.07 Å². The fourth-order valence-corrected chi connectivity index (χ4v) is 2.19. The van der Waals surface area contributed by atoms with Crippen molar-refractivity contribution in [2.24, 2.45) is 0 Å². The molecule has 0 bridgehead atoms. The van der Waals surface area contributed by atoms with Crippen molar-refractivity contribution in [2.75, 3.05) is 13.1 Å². The number of piperidine rings is 1. The Hall–Kier alpha value is -1.44. The minimum Gasteiger partial charge on any atom is -0.392 e. The number of aliphatic hydroxyl groups is 1. The Morgan fingerprint density at radius 2 is 2.35 bits per heavy atom. The molecule has 90 valence electrons. The first-order valence-corrected chi connectivity index (χ1v) is 5.78. The average molecular weight is 234 g/mol. The summed E-state index contributed by atoms with van der Waals surface area (Å²) in [4.78, 5) is 2.13. The lowest BCUT2D eigenvalue weighted by atomic mass is 10.1. The second-order valence-electron chi connectivity index (χ2n) is 4.46. The summed E-state index contributed by atoms with van der Waals surface area (Å²) in [6, 6.07) is 6.44. The van der Waals surface area contributed by atoms with E-state index in [1.807, 2.05) is 6.07 Å². The molecule has 1 aliphatic heterocycles. The number of halogens is 1. The topological polar surface area (TPSA) is 47.3 Å². The zero-order valence-electron chi connectivity index (χ0n) is 9.56. The fraction of sp³-hybridized carbons (Fsp3) is 0.462. The van der Waals surface area contributed by atoms with E-state index in [1.165, 1.54) is 6.07 Å². The van der Waals surface area contributed by atoms with Crippen LogP contribution in [-0.2, 0) is 6.54 Å². The van der Waals surface area contributed by atoms with Gasteiger partial charge in [-0.3, -0.25) is 4.90 Å². The minimum absolute atomic E-state index is 0.0834. The summed E-state index contributed by atoms with van der Waals surface area (Å²) >= 11 is 0. The van der Waals surface area contributed by atoms with Gasteiger partial charge >= 0.3 is 0 Å². The minimum atomic E-state index is -0.477. The van der Waals surface area contributed by atoms with Gasteiger partial charge in [0.15, 0.2) is 0 Å². The number of nitriles is 1. The number of hydrogen-bond acceptors (Lipinski definition) is 3. The zero-order chi connectivity index (χ0) is 12.3. The van der Waals surface area contributed by atoms with E-state index >= 15 is 0 Å². The van der Waals surface area contributed by atoms with Gasteiger partial charge in [-0.25, -0.2) is 4.39 Å². The van der Waals surface area contributed by atoms with Crippen LogP contribution in [-0.4, -0.2) is 29.2 Å². The highest BCUT2D eigenvalue weighted by molar-refractivity contribution is 5.34. The first kappa shape index (κ1) is 12.0. The van der Waals surface area contributed by atoms with Crippen LogP contribution >= 0.6 is 0 Å². The lowest BCUT2D eigenvalue weighted by Crippen LogP contribution is -2.37. The van der Waals surface area contributed by atoms with Crippen molar-refractivity contribution in [1.82, 2.24) is 4.90 Å². The van der Waals surface area contributed by atoms with Crippen LogP contribution in [0.4, 0.5) is 4.39 Å². The quantitative estimate of drug-likeness (QED) is 0.846. The Morgan fingerprint density at radius 3 is 3.06 bits per heavy atom. The van der Waals surface area contributed by atoms with Crippen molar-refractivity contribution in [2.45, 2.75) is 25.5 Å². The second kappa shape index (κ2) is 5.26. The Kier molecular flexibility index (Phi) is 3.72. The smallest absolute Gasteiger partial charge is 0.140 e. The Bertz CT molecular complexity index is 442. The van der Waals surface area contributed by atoms with Crippen LogP contribution in [0, 0.1) is 17.1 Å². The second-order valence-corrected chi connectivity index (χ2v) is 4.46. The molecule has 2 rings (SSSR count). The van der Waals surface area contributed by atoms with Crippen molar-refractivity contribution in [3.63, 3.8) is 0 Å². The van der Waals surface area contributed by atoms with E-state index in [0.29, 0.717) is 13.1 Å². The maximum absolute atomic E-state index is 13.1. The van der Waals surface area contributed by atoms with E-state index in [-0.39, 0.29) is 11.7 Å². The van der Waals surface area contributed by atoms with Crippen molar-refractivity contribution < 1.29 is 9.50 Å². The molecule has 3 nitrogen and oxygen atoms in total. The monoisotopic (exact) mass is 234 g/mol. The molecule has 1 aliphatic rings. The molecule has 0 radical (unpaired) electrons. The molecule has 0 saturated carbocycles. The molecule has 1 aromatic carbocycles. The maximum Gasteiger partial charge on any atom is 0.140 e. The van der Waals surface area contributed by atoms with E-state index in [2.05, 4.69) is 4.90 Å². The molecular formula is C13H15FN2O. The van der Waals surface area contributed by atoms with Gasteiger partial charge in [-0.2, -0.15) is 5.26 Å². The van der Waals surface area contributed by atoms with E-state index in [9.17, 15) is 9.50 Å². The summed E-state index contributed by atoms with van der Waals surface area (Å²) in [5, 5.41) is 18.3. The van der Waals surface area contributed by atoms with E-state index < -0.39 is 5.82 Å². The lowest BCUT2D eigenvalue weighted by Gasteiger charge is -2.29. The summed E-state index contributed by atoms with van der Waals surface area (Å²) in [6.07, 6.45) is 1.57. The molecule has 0 aromatic heterocycles. The normalized spacial score (nSPS) is 21.1. The molecule has 1 atom stereocenters. The van der Waals surface area contributed by atoms with Gasteiger partial charge in [0.25, 0.3) is 0 Å². The van der Waals surface area contributed by atoms with Crippen LogP contribution in [0.15, 0.2) is 18.2 Å². The van der Waals surface area contributed by atoms with Crippen molar-refractivity contribution >= 4 is 0 Å². The SMILES string of the molecule is N#Cc1cc(CN2CCC[C@H](O)C2)ccc1F. The highest BCUT2D eigenvalue weighted by atomic mass is 19.1. The Balaban J connectivity index is 2.06. The zero-order valence-corrected chi connectivity index (χ0v) is 9.56. The van der Waals surface area contributed by atoms with Gasteiger partial charge in [-0.1, -0.05) is 6.07 Å². The predicted molar refractivity (Wildman–Crippen MR) is 61.6 cm³/mol. The van der Waals surface area contributed by atoms with Gasteiger partial charge in [-0.15, -0.1) is 0 Å². The summed E-state index contributed by atoms with van der Waals surface area (Å²) in [5.74, 6) is -0.477. The molecule has 4 heteroatoms. The molecule has 1 N–H and O–H groups in total. The van der Waals surface area contributed by atoms with Gasteiger partial charge in [-0.05, 0) is 37.1 Å². The Morgan fingerprint density at radius 1 is 1.53 bits per heavy atom. The van der Waals surface area contributed by atoms with Crippen molar-refractivity contribution in [3.05, 3.63) is 35.1 Å².